The highest BCUT2D eigenvalue weighted by Crippen LogP contribution is 2.28. The van der Waals surface area contributed by atoms with E-state index in [4.69, 9.17) is 10.8 Å². The van der Waals surface area contributed by atoms with Crippen molar-refractivity contribution in [3.05, 3.63) is 29.8 Å². The van der Waals surface area contributed by atoms with Gasteiger partial charge < -0.3 is 10.8 Å². The second kappa shape index (κ2) is 4.02. The third kappa shape index (κ3) is 1.91. The molecular weight excluding hydrogens is 198 g/mol. The van der Waals surface area contributed by atoms with E-state index in [9.17, 15) is 4.79 Å². The summed E-state index contributed by atoms with van der Waals surface area (Å²) in [6, 6.07) is 7.28. The molecule has 3 nitrogen and oxygen atoms in total. The number of carboxylic acid groups (broad SMARTS) is 1. The van der Waals surface area contributed by atoms with Crippen molar-refractivity contribution in [3.63, 3.8) is 0 Å². The van der Waals surface area contributed by atoms with Crippen molar-refractivity contribution in [2.24, 2.45) is 5.73 Å². The van der Waals surface area contributed by atoms with Crippen LogP contribution >= 0.6 is 11.8 Å². The van der Waals surface area contributed by atoms with E-state index in [2.05, 4.69) is 0 Å². The highest BCUT2D eigenvalue weighted by Gasteiger charge is 2.31. The fourth-order valence-corrected chi connectivity index (χ4v) is 1.90. The molecule has 0 bridgehead atoms. The summed E-state index contributed by atoms with van der Waals surface area (Å²) in [5, 5.41) is 8.98. The quantitative estimate of drug-likeness (QED) is 0.746. The van der Waals surface area contributed by atoms with Gasteiger partial charge in [-0.05, 0) is 24.8 Å². The molecule has 14 heavy (non-hydrogen) atoms. The Morgan fingerprint density at radius 3 is 2.57 bits per heavy atom. The van der Waals surface area contributed by atoms with Gasteiger partial charge in [0.15, 0.2) is 0 Å². The standard InChI is InChI=1S/C10H13NO2S/c1-10(11,9(12)13)7-5-3-4-6-8(7)14-2/h3-6H,11H2,1-2H3,(H,12,13)/t10-/m0/s1. The molecule has 4 heteroatoms. The van der Waals surface area contributed by atoms with Gasteiger partial charge in [-0.15, -0.1) is 11.8 Å². The molecule has 0 spiro atoms. The van der Waals surface area contributed by atoms with Crippen LogP contribution in [0.4, 0.5) is 0 Å². The number of rotatable bonds is 3. The lowest BCUT2D eigenvalue weighted by Gasteiger charge is -2.22. The van der Waals surface area contributed by atoms with Gasteiger partial charge in [0, 0.05) is 4.90 Å². The summed E-state index contributed by atoms with van der Waals surface area (Å²) >= 11 is 1.50. The predicted octanol–water partition coefficient (Wildman–Crippen LogP) is 1.67. The molecule has 0 heterocycles. The Morgan fingerprint density at radius 2 is 2.07 bits per heavy atom. The smallest absolute Gasteiger partial charge is 0.328 e. The van der Waals surface area contributed by atoms with E-state index in [0.717, 1.165) is 4.90 Å². The van der Waals surface area contributed by atoms with Crippen LogP contribution in [0.5, 0.6) is 0 Å². The SMILES string of the molecule is CSc1ccccc1[C@](C)(N)C(=O)O. The Labute approximate surface area is 87.3 Å². The van der Waals surface area contributed by atoms with E-state index in [-0.39, 0.29) is 0 Å². The molecule has 3 N–H and O–H groups in total. The van der Waals surface area contributed by atoms with Crippen LogP contribution in [-0.2, 0) is 10.3 Å². The van der Waals surface area contributed by atoms with Crippen LogP contribution in [0, 0.1) is 0 Å². The summed E-state index contributed by atoms with van der Waals surface area (Å²) in [5.74, 6) is -1.01. The van der Waals surface area contributed by atoms with Crippen molar-refractivity contribution in [2.45, 2.75) is 17.4 Å². The molecule has 0 aliphatic heterocycles. The molecule has 1 aromatic rings. The maximum atomic E-state index is 11.0. The van der Waals surface area contributed by atoms with E-state index in [1.807, 2.05) is 18.4 Å². The lowest BCUT2D eigenvalue weighted by atomic mass is 9.93. The molecule has 0 aliphatic carbocycles. The van der Waals surface area contributed by atoms with E-state index in [1.54, 1.807) is 12.1 Å². The summed E-state index contributed by atoms with van der Waals surface area (Å²) in [4.78, 5) is 11.9. The number of aliphatic carboxylic acids is 1. The maximum absolute atomic E-state index is 11.0. The maximum Gasteiger partial charge on any atom is 0.328 e. The summed E-state index contributed by atoms with van der Waals surface area (Å²) in [7, 11) is 0. The highest BCUT2D eigenvalue weighted by molar-refractivity contribution is 7.98. The molecule has 1 aromatic carbocycles. The molecule has 0 aromatic heterocycles. The summed E-state index contributed by atoms with van der Waals surface area (Å²) in [5.41, 5.74) is 5.08. The third-order valence-corrected chi connectivity index (χ3v) is 2.91. The van der Waals surface area contributed by atoms with Crippen molar-refractivity contribution in [2.75, 3.05) is 6.26 Å². The molecule has 0 saturated heterocycles. The number of carboxylic acids is 1. The number of benzene rings is 1. The van der Waals surface area contributed by atoms with Gasteiger partial charge >= 0.3 is 5.97 Å². The van der Waals surface area contributed by atoms with Gasteiger partial charge in [-0.3, -0.25) is 0 Å². The van der Waals surface area contributed by atoms with E-state index < -0.39 is 11.5 Å². The van der Waals surface area contributed by atoms with Crippen LogP contribution in [0.3, 0.4) is 0 Å². The molecule has 0 amide bonds. The zero-order chi connectivity index (χ0) is 10.8. The second-order valence-electron chi connectivity index (χ2n) is 3.21. The number of hydrogen-bond acceptors (Lipinski definition) is 3. The van der Waals surface area contributed by atoms with E-state index in [1.165, 1.54) is 18.7 Å². The van der Waals surface area contributed by atoms with Crippen molar-refractivity contribution in [1.82, 2.24) is 0 Å². The van der Waals surface area contributed by atoms with Crippen LogP contribution in [0.15, 0.2) is 29.2 Å². The lowest BCUT2D eigenvalue weighted by Crippen LogP contribution is -2.42. The Kier molecular flexibility index (Phi) is 3.18. The van der Waals surface area contributed by atoms with Crippen LogP contribution < -0.4 is 5.73 Å². The van der Waals surface area contributed by atoms with Gasteiger partial charge in [0.2, 0.25) is 0 Å². The number of carbonyl (C=O) groups is 1. The fourth-order valence-electron chi connectivity index (χ4n) is 1.19. The van der Waals surface area contributed by atoms with Crippen molar-refractivity contribution in [1.29, 1.82) is 0 Å². The zero-order valence-electron chi connectivity index (χ0n) is 8.15. The Morgan fingerprint density at radius 1 is 1.50 bits per heavy atom. The molecule has 0 aliphatic rings. The van der Waals surface area contributed by atoms with Crippen molar-refractivity contribution in [3.8, 4) is 0 Å². The van der Waals surface area contributed by atoms with Crippen LogP contribution in [-0.4, -0.2) is 17.3 Å². The molecule has 0 fully saturated rings. The number of thioether (sulfide) groups is 1. The molecule has 0 unspecified atom stereocenters. The monoisotopic (exact) mass is 211 g/mol. The van der Waals surface area contributed by atoms with Gasteiger partial charge in [0.05, 0.1) is 0 Å². The third-order valence-electron chi connectivity index (χ3n) is 2.11. The molecular formula is C10H13NO2S. The van der Waals surface area contributed by atoms with Crippen LogP contribution in [0.2, 0.25) is 0 Å². The molecule has 76 valence electrons. The van der Waals surface area contributed by atoms with E-state index in [0.29, 0.717) is 5.56 Å². The predicted molar refractivity (Wildman–Crippen MR) is 57.4 cm³/mol. The van der Waals surface area contributed by atoms with Gasteiger partial charge in [-0.25, -0.2) is 4.79 Å². The van der Waals surface area contributed by atoms with Crippen LogP contribution in [0.1, 0.15) is 12.5 Å². The first-order chi connectivity index (χ1) is 6.50. The van der Waals surface area contributed by atoms with Crippen molar-refractivity contribution < 1.29 is 9.90 Å². The van der Waals surface area contributed by atoms with Crippen LogP contribution in [0.25, 0.3) is 0 Å². The average molecular weight is 211 g/mol. The average Bonchev–Trinajstić information content (AvgIpc) is 2.17. The van der Waals surface area contributed by atoms with Gasteiger partial charge in [0.1, 0.15) is 5.54 Å². The van der Waals surface area contributed by atoms with Crippen molar-refractivity contribution >= 4 is 17.7 Å². The summed E-state index contributed by atoms with van der Waals surface area (Å²) in [6.45, 7) is 1.50. The minimum atomic E-state index is -1.32. The highest BCUT2D eigenvalue weighted by atomic mass is 32.2. The Balaban J connectivity index is 3.24. The minimum absolute atomic E-state index is 0.653. The first-order valence-electron chi connectivity index (χ1n) is 4.16. The zero-order valence-corrected chi connectivity index (χ0v) is 8.97. The first-order valence-corrected chi connectivity index (χ1v) is 5.38. The lowest BCUT2D eigenvalue weighted by molar-refractivity contribution is -0.143. The fraction of sp³-hybridized carbons (Fsp3) is 0.300. The molecule has 0 radical (unpaired) electrons. The first kappa shape index (κ1) is 11.1. The largest absolute Gasteiger partial charge is 0.480 e. The normalized spacial score (nSPS) is 14.8. The Bertz CT molecular complexity index is 350. The van der Waals surface area contributed by atoms with E-state index >= 15 is 0 Å². The van der Waals surface area contributed by atoms with Gasteiger partial charge in [-0.1, -0.05) is 18.2 Å². The molecule has 0 saturated carbocycles. The second-order valence-corrected chi connectivity index (χ2v) is 4.06. The molecule has 1 atom stereocenters. The number of nitrogens with two attached hydrogens (primary N) is 1. The van der Waals surface area contributed by atoms with Gasteiger partial charge in [0.25, 0.3) is 0 Å². The summed E-state index contributed by atoms with van der Waals surface area (Å²) in [6.07, 6.45) is 1.90. The van der Waals surface area contributed by atoms with Gasteiger partial charge in [-0.2, -0.15) is 0 Å². The minimum Gasteiger partial charge on any atom is -0.480 e. The Hall–Kier alpha value is -1.00. The topological polar surface area (TPSA) is 63.3 Å². The number of hydrogen-bond donors (Lipinski definition) is 2. The molecule has 1 rings (SSSR count). The summed E-state index contributed by atoms with van der Waals surface area (Å²) < 4.78 is 0.